The first-order chi connectivity index (χ1) is 11.5. The third-order valence-electron chi connectivity index (χ3n) is 4.07. The predicted octanol–water partition coefficient (Wildman–Crippen LogP) is 2.46. The van der Waals surface area contributed by atoms with Gasteiger partial charge in [-0.1, -0.05) is 18.2 Å². The molecule has 0 saturated carbocycles. The molecule has 3 rings (SSSR count). The van der Waals surface area contributed by atoms with E-state index in [1.165, 1.54) is 12.7 Å². The quantitative estimate of drug-likeness (QED) is 0.872. The summed E-state index contributed by atoms with van der Waals surface area (Å²) in [5.74, 6) is 1.28. The third-order valence-corrected chi connectivity index (χ3v) is 5.55. The van der Waals surface area contributed by atoms with Gasteiger partial charge in [0.2, 0.25) is 10.0 Å². The van der Waals surface area contributed by atoms with Crippen molar-refractivity contribution >= 4 is 10.0 Å². The van der Waals surface area contributed by atoms with E-state index in [0.717, 1.165) is 29.9 Å². The Kier molecular flexibility index (Phi) is 4.78. The molecular formula is C18H21NO4S. The fraction of sp³-hybridized carbons (Fsp3) is 0.333. The summed E-state index contributed by atoms with van der Waals surface area (Å²) in [6, 6.07) is 11.1. The Morgan fingerprint density at radius 3 is 2.83 bits per heavy atom. The number of rotatable bonds is 6. The van der Waals surface area contributed by atoms with Crippen molar-refractivity contribution < 1.29 is 17.9 Å². The van der Waals surface area contributed by atoms with Crippen molar-refractivity contribution in [1.82, 2.24) is 4.72 Å². The Morgan fingerprint density at radius 2 is 2.04 bits per heavy atom. The summed E-state index contributed by atoms with van der Waals surface area (Å²) < 4.78 is 38.4. The van der Waals surface area contributed by atoms with Crippen LogP contribution >= 0.6 is 0 Å². The van der Waals surface area contributed by atoms with Crippen LogP contribution in [-0.4, -0.2) is 28.7 Å². The molecule has 0 amide bonds. The number of aryl methyl sites for hydroxylation is 1. The molecule has 1 heterocycles. The topological polar surface area (TPSA) is 64.6 Å². The first kappa shape index (κ1) is 16.8. The number of fused-ring (bicyclic) bond motifs is 1. The van der Waals surface area contributed by atoms with Gasteiger partial charge in [-0.2, -0.15) is 0 Å². The molecule has 5 nitrogen and oxygen atoms in total. The molecular weight excluding hydrogens is 326 g/mol. The molecule has 2 aromatic rings. The third kappa shape index (κ3) is 3.55. The standard InChI is InChI=1S/C18H21NO4S/c1-13-3-5-17(22-2)18(11-13)24(20,21)19-9-7-14-4-6-16-15(12-14)8-10-23-16/h3-6,11-12,19H,7-10H2,1-2H3. The SMILES string of the molecule is COc1ccc(C)cc1S(=O)(=O)NCCc1ccc2c(c1)CCO2. The van der Waals surface area contributed by atoms with Crippen LogP contribution < -0.4 is 14.2 Å². The summed E-state index contributed by atoms with van der Waals surface area (Å²) in [5, 5.41) is 0. The first-order valence-electron chi connectivity index (χ1n) is 7.88. The molecule has 128 valence electrons. The van der Waals surface area contributed by atoms with Gasteiger partial charge in [-0.15, -0.1) is 0 Å². The fourth-order valence-corrected chi connectivity index (χ4v) is 4.08. The van der Waals surface area contributed by atoms with Gasteiger partial charge in [0.15, 0.2) is 0 Å². The highest BCUT2D eigenvalue weighted by molar-refractivity contribution is 7.89. The number of nitrogens with one attached hydrogen (secondary N) is 1. The zero-order chi connectivity index (χ0) is 17.2. The van der Waals surface area contributed by atoms with Gasteiger partial charge in [-0.25, -0.2) is 13.1 Å². The largest absolute Gasteiger partial charge is 0.495 e. The van der Waals surface area contributed by atoms with E-state index in [-0.39, 0.29) is 4.90 Å². The van der Waals surface area contributed by atoms with Gasteiger partial charge in [0.05, 0.1) is 13.7 Å². The number of benzene rings is 2. The number of hydrogen-bond donors (Lipinski definition) is 1. The maximum atomic E-state index is 12.5. The van der Waals surface area contributed by atoms with Gasteiger partial charge in [0, 0.05) is 13.0 Å². The van der Waals surface area contributed by atoms with Crippen LogP contribution in [0.25, 0.3) is 0 Å². The molecule has 0 aromatic heterocycles. The van der Waals surface area contributed by atoms with E-state index in [2.05, 4.69) is 10.8 Å². The molecule has 0 radical (unpaired) electrons. The minimum absolute atomic E-state index is 0.173. The molecule has 0 saturated heterocycles. The van der Waals surface area contributed by atoms with Crippen LogP contribution in [-0.2, 0) is 22.9 Å². The molecule has 2 aromatic carbocycles. The van der Waals surface area contributed by atoms with Crippen molar-refractivity contribution in [3.8, 4) is 11.5 Å². The summed E-state index contributed by atoms with van der Waals surface area (Å²) in [6.07, 6.45) is 1.54. The van der Waals surface area contributed by atoms with Crippen LogP contribution in [0, 0.1) is 6.92 Å². The summed E-state index contributed by atoms with van der Waals surface area (Å²) in [6.45, 7) is 2.91. The second kappa shape index (κ2) is 6.83. The Bertz CT molecular complexity index is 846. The Hall–Kier alpha value is -2.05. The van der Waals surface area contributed by atoms with E-state index in [9.17, 15) is 8.42 Å². The fourth-order valence-electron chi connectivity index (χ4n) is 2.80. The lowest BCUT2D eigenvalue weighted by Gasteiger charge is -2.12. The molecule has 1 aliphatic rings. The maximum Gasteiger partial charge on any atom is 0.244 e. The number of methoxy groups -OCH3 is 1. The van der Waals surface area contributed by atoms with E-state index in [1.54, 1.807) is 12.1 Å². The average Bonchev–Trinajstić information content (AvgIpc) is 3.02. The molecule has 0 unspecified atom stereocenters. The van der Waals surface area contributed by atoms with Crippen molar-refractivity contribution in [2.45, 2.75) is 24.7 Å². The normalized spacial score (nSPS) is 13.4. The number of sulfonamides is 1. The lowest BCUT2D eigenvalue weighted by atomic mass is 10.1. The van der Waals surface area contributed by atoms with E-state index < -0.39 is 10.0 Å². The minimum Gasteiger partial charge on any atom is -0.495 e. The van der Waals surface area contributed by atoms with Crippen LogP contribution in [0.3, 0.4) is 0 Å². The predicted molar refractivity (Wildman–Crippen MR) is 92.3 cm³/mol. The van der Waals surface area contributed by atoms with Crippen molar-refractivity contribution in [1.29, 1.82) is 0 Å². The van der Waals surface area contributed by atoms with Crippen LogP contribution in [0.5, 0.6) is 11.5 Å². The molecule has 24 heavy (non-hydrogen) atoms. The first-order valence-corrected chi connectivity index (χ1v) is 9.37. The highest BCUT2D eigenvalue weighted by Crippen LogP contribution is 2.26. The van der Waals surface area contributed by atoms with Gasteiger partial charge in [0.25, 0.3) is 0 Å². The summed E-state index contributed by atoms with van der Waals surface area (Å²) in [5.41, 5.74) is 3.16. The summed E-state index contributed by atoms with van der Waals surface area (Å²) >= 11 is 0. The molecule has 6 heteroatoms. The van der Waals surface area contributed by atoms with Crippen LogP contribution in [0.4, 0.5) is 0 Å². The van der Waals surface area contributed by atoms with Crippen LogP contribution in [0.1, 0.15) is 16.7 Å². The van der Waals surface area contributed by atoms with Gasteiger partial charge in [-0.05, 0) is 48.2 Å². The molecule has 1 N–H and O–H groups in total. The molecule has 0 atom stereocenters. The van der Waals surface area contributed by atoms with E-state index in [0.29, 0.717) is 18.7 Å². The van der Waals surface area contributed by atoms with Crippen LogP contribution in [0.2, 0.25) is 0 Å². The van der Waals surface area contributed by atoms with Crippen molar-refractivity contribution in [3.05, 3.63) is 53.1 Å². The Labute approximate surface area is 142 Å². The Balaban J connectivity index is 1.68. The molecule has 0 bridgehead atoms. The Morgan fingerprint density at radius 1 is 1.21 bits per heavy atom. The minimum atomic E-state index is -3.61. The number of hydrogen-bond acceptors (Lipinski definition) is 4. The molecule has 0 fully saturated rings. The second-order valence-corrected chi connectivity index (χ2v) is 7.58. The summed E-state index contributed by atoms with van der Waals surface area (Å²) in [4.78, 5) is 0.173. The van der Waals surface area contributed by atoms with Crippen LogP contribution in [0.15, 0.2) is 41.3 Å². The maximum absolute atomic E-state index is 12.5. The lowest BCUT2D eigenvalue weighted by Crippen LogP contribution is -2.26. The number of ether oxygens (including phenoxy) is 2. The zero-order valence-corrected chi connectivity index (χ0v) is 14.7. The van der Waals surface area contributed by atoms with Gasteiger partial charge in [0.1, 0.15) is 16.4 Å². The van der Waals surface area contributed by atoms with Crippen molar-refractivity contribution in [2.75, 3.05) is 20.3 Å². The average molecular weight is 347 g/mol. The highest BCUT2D eigenvalue weighted by Gasteiger charge is 2.19. The highest BCUT2D eigenvalue weighted by atomic mass is 32.2. The zero-order valence-electron chi connectivity index (χ0n) is 13.8. The smallest absolute Gasteiger partial charge is 0.244 e. The summed E-state index contributed by atoms with van der Waals surface area (Å²) in [7, 11) is -2.14. The van der Waals surface area contributed by atoms with E-state index in [1.807, 2.05) is 25.1 Å². The molecule has 1 aliphatic heterocycles. The van der Waals surface area contributed by atoms with Crippen molar-refractivity contribution in [3.63, 3.8) is 0 Å². The van der Waals surface area contributed by atoms with Crippen molar-refractivity contribution in [2.24, 2.45) is 0 Å². The molecule has 0 spiro atoms. The second-order valence-electron chi connectivity index (χ2n) is 5.84. The monoisotopic (exact) mass is 347 g/mol. The van der Waals surface area contributed by atoms with E-state index >= 15 is 0 Å². The lowest BCUT2D eigenvalue weighted by molar-refractivity contribution is 0.357. The van der Waals surface area contributed by atoms with Gasteiger partial charge in [-0.3, -0.25) is 0 Å². The van der Waals surface area contributed by atoms with Gasteiger partial charge < -0.3 is 9.47 Å². The van der Waals surface area contributed by atoms with E-state index in [4.69, 9.17) is 9.47 Å². The molecule has 0 aliphatic carbocycles. The van der Waals surface area contributed by atoms with Gasteiger partial charge >= 0.3 is 0 Å².